The van der Waals surface area contributed by atoms with E-state index in [2.05, 4.69) is 31.7 Å². The van der Waals surface area contributed by atoms with Gasteiger partial charge in [-0.25, -0.2) is 0 Å². The monoisotopic (exact) mass is 309 g/mol. The third kappa shape index (κ3) is 2.81. The van der Waals surface area contributed by atoms with Crippen molar-refractivity contribution in [1.82, 2.24) is 30.0 Å². The van der Waals surface area contributed by atoms with Crippen molar-refractivity contribution >= 4 is 5.95 Å². The lowest BCUT2D eigenvalue weighted by Crippen LogP contribution is -2.24. The number of hydrogen-bond acceptors (Lipinski definition) is 5. The second-order valence-electron chi connectivity index (χ2n) is 6.05. The van der Waals surface area contributed by atoms with E-state index in [4.69, 9.17) is 0 Å². The number of benzene rings is 1. The summed E-state index contributed by atoms with van der Waals surface area (Å²) in [5.74, 6) is 1.44. The van der Waals surface area contributed by atoms with E-state index < -0.39 is 0 Å². The molecule has 0 aliphatic carbocycles. The van der Waals surface area contributed by atoms with Gasteiger partial charge in [0.05, 0.1) is 11.9 Å². The van der Waals surface area contributed by atoms with Gasteiger partial charge in [0.15, 0.2) is 0 Å². The Balaban J connectivity index is 1.49. The first kappa shape index (κ1) is 13.9. The van der Waals surface area contributed by atoms with E-state index in [1.54, 1.807) is 0 Å². The molecule has 1 unspecified atom stereocenters. The minimum absolute atomic E-state index is 0.611. The van der Waals surface area contributed by atoms with E-state index in [1.165, 1.54) is 5.56 Å². The van der Waals surface area contributed by atoms with Crippen LogP contribution in [0, 0.1) is 5.92 Å². The van der Waals surface area contributed by atoms with Gasteiger partial charge in [-0.15, -0.1) is 0 Å². The van der Waals surface area contributed by atoms with E-state index in [1.807, 2.05) is 52.9 Å². The van der Waals surface area contributed by atoms with Crippen LogP contribution in [0.2, 0.25) is 0 Å². The molecule has 2 aromatic heterocycles. The average Bonchev–Trinajstić information content (AvgIpc) is 3.29. The van der Waals surface area contributed by atoms with E-state index in [0.29, 0.717) is 5.92 Å². The molecule has 0 spiro atoms. The van der Waals surface area contributed by atoms with E-state index in [9.17, 15) is 0 Å². The largest absolute Gasteiger partial charge is 0.339 e. The van der Waals surface area contributed by atoms with Crippen molar-refractivity contribution in [1.29, 1.82) is 0 Å². The molecule has 3 aromatic rings. The normalized spacial score (nSPS) is 17.8. The second kappa shape index (κ2) is 5.83. The maximum Gasteiger partial charge on any atom is 0.250 e. The quantitative estimate of drug-likeness (QED) is 0.730. The van der Waals surface area contributed by atoms with Crippen molar-refractivity contribution in [2.45, 2.75) is 12.8 Å². The first-order valence-corrected chi connectivity index (χ1v) is 7.86. The van der Waals surface area contributed by atoms with Crippen LogP contribution in [0.5, 0.6) is 0 Å². The van der Waals surface area contributed by atoms with Gasteiger partial charge >= 0.3 is 0 Å². The number of aryl methyl sites for hydroxylation is 1. The summed E-state index contributed by atoms with van der Waals surface area (Å²) >= 11 is 0. The van der Waals surface area contributed by atoms with Crippen LogP contribution in [0.3, 0.4) is 0 Å². The molecule has 0 amide bonds. The molecule has 3 heterocycles. The molecular weight excluding hydrogens is 290 g/mol. The summed E-state index contributed by atoms with van der Waals surface area (Å²) in [6.45, 7) is 1.96. The number of hydrogen-bond donors (Lipinski definition) is 0. The maximum atomic E-state index is 4.25. The molecule has 1 fully saturated rings. The average molecular weight is 309 g/mol. The Labute approximate surface area is 134 Å². The molecule has 1 saturated heterocycles. The summed E-state index contributed by atoms with van der Waals surface area (Å²) in [5.41, 5.74) is 2.28. The van der Waals surface area contributed by atoms with E-state index in [-0.39, 0.29) is 0 Å². The number of anilines is 1. The first-order chi connectivity index (χ1) is 11.3. The van der Waals surface area contributed by atoms with E-state index >= 15 is 0 Å². The lowest BCUT2D eigenvalue weighted by molar-refractivity contribution is 0.585. The van der Waals surface area contributed by atoms with Crippen LogP contribution in [-0.2, 0) is 13.5 Å². The van der Waals surface area contributed by atoms with Gasteiger partial charge in [-0.05, 0) is 46.9 Å². The SMILES string of the molecule is Cn1cc(CC2CCN(c3nnnn3-c3ccccc3)C2)cn1. The molecule has 118 valence electrons. The van der Waals surface area contributed by atoms with Crippen LogP contribution < -0.4 is 4.90 Å². The highest BCUT2D eigenvalue weighted by Crippen LogP contribution is 2.25. The minimum Gasteiger partial charge on any atom is -0.339 e. The van der Waals surface area contributed by atoms with Gasteiger partial charge in [0.1, 0.15) is 0 Å². The highest BCUT2D eigenvalue weighted by Gasteiger charge is 2.27. The summed E-state index contributed by atoms with van der Waals surface area (Å²) in [7, 11) is 1.96. The molecule has 0 bridgehead atoms. The van der Waals surface area contributed by atoms with Crippen LogP contribution in [-0.4, -0.2) is 43.1 Å². The van der Waals surface area contributed by atoms with Gasteiger partial charge in [0.25, 0.3) is 0 Å². The molecule has 0 N–H and O–H groups in total. The van der Waals surface area contributed by atoms with Gasteiger partial charge in [-0.2, -0.15) is 9.78 Å². The second-order valence-corrected chi connectivity index (χ2v) is 6.05. The molecule has 1 aliphatic rings. The summed E-state index contributed by atoms with van der Waals surface area (Å²) in [6, 6.07) is 10.0. The molecule has 0 saturated carbocycles. The first-order valence-electron chi connectivity index (χ1n) is 7.86. The molecule has 7 heteroatoms. The number of rotatable bonds is 4. The van der Waals surface area contributed by atoms with Crippen LogP contribution in [0.15, 0.2) is 42.7 Å². The zero-order valence-electron chi connectivity index (χ0n) is 13.1. The Morgan fingerprint density at radius 3 is 2.87 bits per heavy atom. The topological polar surface area (TPSA) is 64.7 Å². The number of para-hydroxylation sites is 1. The Hall–Kier alpha value is -2.70. The van der Waals surface area contributed by atoms with Crippen molar-refractivity contribution in [3.8, 4) is 5.69 Å². The lowest BCUT2D eigenvalue weighted by Gasteiger charge is -2.17. The standard InChI is InChI=1S/C16H19N7/c1-21-11-14(10-17-21)9-13-7-8-22(12-13)16-18-19-20-23(16)15-5-3-2-4-6-15/h2-6,10-11,13H,7-9,12H2,1H3. The van der Waals surface area contributed by atoms with Gasteiger partial charge in [0, 0.05) is 26.3 Å². The van der Waals surface area contributed by atoms with E-state index in [0.717, 1.165) is 37.6 Å². The third-order valence-electron chi connectivity index (χ3n) is 4.31. The number of nitrogens with zero attached hydrogens (tertiary/aromatic N) is 7. The fourth-order valence-electron chi connectivity index (χ4n) is 3.21. The third-order valence-corrected chi connectivity index (χ3v) is 4.31. The van der Waals surface area contributed by atoms with Crippen LogP contribution in [0.25, 0.3) is 5.69 Å². The van der Waals surface area contributed by atoms with Crippen LogP contribution in [0.1, 0.15) is 12.0 Å². The number of aromatic nitrogens is 6. The van der Waals surface area contributed by atoms with Gasteiger partial charge < -0.3 is 4.90 Å². The zero-order chi connectivity index (χ0) is 15.6. The summed E-state index contributed by atoms with van der Waals surface area (Å²) in [4.78, 5) is 2.27. The van der Waals surface area contributed by atoms with Gasteiger partial charge in [-0.1, -0.05) is 23.3 Å². The predicted octanol–water partition coefficient (Wildman–Crippen LogP) is 1.46. The van der Waals surface area contributed by atoms with Crippen LogP contribution >= 0.6 is 0 Å². The van der Waals surface area contributed by atoms with Gasteiger partial charge in [-0.3, -0.25) is 4.68 Å². The Morgan fingerprint density at radius 2 is 2.09 bits per heavy atom. The van der Waals surface area contributed by atoms with Gasteiger partial charge in [0.2, 0.25) is 5.95 Å². The minimum atomic E-state index is 0.611. The molecule has 1 atom stereocenters. The van der Waals surface area contributed by atoms with Crippen molar-refractivity contribution in [3.63, 3.8) is 0 Å². The summed E-state index contributed by atoms with van der Waals surface area (Å²) in [6.07, 6.45) is 6.25. The van der Waals surface area contributed by atoms with Crippen molar-refractivity contribution in [2.75, 3.05) is 18.0 Å². The van der Waals surface area contributed by atoms with Crippen molar-refractivity contribution in [2.24, 2.45) is 13.0 Å². The lowest BCUT2D eigenvalue weighted by atomic mass is 10.0. The highest BCUT2D eigenvalue weighted by atomic mass is 15.6. The van der Waals surface area contributed by atoms with Crippen molar-refractivity contribution < 1.29 is 0 Å². The molecule has 1 aromatic carbocycles. The number of tetrazole rings is 1. The zero-order valence-corrected chi connectivity index (χ0v) is 13.1. The fourth-order valence-corrected chi connectivity index (χ4v) is 3.21. The Bertz CT molecular complexity index is 777. The maximum absolute atomic E-state index is 4.25. The summed E-state index contributed by atoms with van der Waals surface area (Å²) in [5, 5.41) is 16.5. The molecule has 1 aliphatic heterocycles. The molecule has 23 heavy (non-hydrogen) atoms. The smallest absolute Gasteiger partial charge is 0.250 e. The Morgan fingerprint density at radius 1 is 1.22 bits per heavy atom. The molecule has 0 radical (unpaired) electrons. The fraction of sp³-hybridized carbons (Fsp3) is 0.375. The molecule has 4 rings (SSSR count). The van der Waals surface area contributed by atoms with Crippen LogP contribution in [0.4, 0.5) is 5.95 Å². The molecule has 7 nitrogen and oxygen atoms in total. The van der Waals surface area contributed by atoms with Crippen molar-refractivity contribution in [3.05, 3.63) is 48.3 Å². The highest BCUT2D eigenvalue weighted by molar-refractivity contribution is 5.41. The Kier molecular flexibility index (Phi) is 3.53. The predicted molar refractivity (Wildman–Crippen MR) is 86.4 cm³/mol. The molecular formula is C16H19N7. The summed E-state index contributed by atoms with van der Waals surface area (Å²) < 4.78 is 3.67.